The number of hydrogen-bond acceptors (Lipinski definition) is 4. The van der Waals surface area contributed by atoms with Gasteiger partial charge in [0.2, 0.25) is 5.91 Å². The van der Waals surface area contributed by atoms with Gasteiger partial charge in [-0.2, -0.15) is 5.10 Å². The van der Waals surface area contributed by atoms with E-state index in [4.69, 9.17) is 0 Å². The van der Waals surface area contributed by atoms with Crippen LogP contribution in [0.2, 0.25) is 0 Å². The van der Waals surface area contributed by atoms with Crippen molar-refractivity contribution in [2.45, 2.75) is 26.7 Å². The number of rotatable bonds is 5. The molecule has 4 rings (SSSR count). The summed E-state index contributed by atoms with van der Waals surface area (Å²) in [5.74, 6) is 0.482. The van der Waals surface area contributed by atoms with Gasteiger partial charge >= 0.3 is 0 Å². The number of phenolic OH excluding ortho intramolecular Hbond substituents is 1. The van der Waals surface area contributed by atoms with Crippen LogP contribution in [-0.2, 0) is 11.2 Å². The first kappa shape index (κ1) is 20.0. The maximum absolute atomic E-state index is 12.7. The Balaban J connectivity index is 1.29. The fraction of sp³-hybridized carbons (Fsp3) is 0.333. The van der Waals surface area contributed by atoms with Crippen LogP contribution in [0, 0.1) is 13.8 Å². The van der Waals surface area contributed by atoms with Crippen LogP contribution in [0.3, 0.4) is 0 Å². The summed E-state index contributed by atoms with van der Waals surface area (Å²) in [7, 11) is 0. The van der Waals surface area contributed by atoms with E-state index in [0.29, 0.717) is 25.3 Å². The number of hydrogen-bond donors (Lipinski definition) is 1. The Hall–Kier alpha value is -3.28. The van der Waals surface area contributed by atoms with Gasteiger partial charge in [0.05, 0.1) is 17.1 Å². The topological polar surface area (TPSA) is 61.6 Å². The molecular weight excluding hydrogens is 376 g/mol. The molecule has 1 aliphatic heterocycles. The summed E-state index contributed by atoms with van der Waals surface area (Å²) in [6.07, 6.45) is 1.24. The van der Waals surface area contributed by atoms with Crippen LogP contribution >= 0.6 is 0 Å². The highest BCUT2D eigenvalue weighted by atomic mass is 16.3. The van der Waals surface area contributed by atoms with Crippen LogP contribution in [0.1, 0.15) is 23.4 Å². The van der Waals surface area contributed by atoms with Gasteiger partial charge in [0, 0.05) is 38.3 Å². The van der Waals surface area contributed by atoms with E-state index in [0.717, 1.165) is 47.8 Å². The molecule has 6 heteroatoms. The zero-order valence-electron chi connectivity index (χ0n) is 17.6. The number of nitrogens with zero attached hydrogens (tertiary/aromatic N) is 4. The number of aromatic nitrogens is 2. The van der Waals surface area contributed by atoms with Gasteiger partial charge in [-0.05, 0) is 56.2 Å². The first-order valence-corrected chi connectivity index (χ1v) is 10.4. The van der Waals surface area contributed by atoms with Gasteiger partial charge in [-0.15, -0.1) is 0 Å². The normalized spacial score (nSPS) is 14.2. The molecule has 1 aromatic heterocycles. The van der Waals surface area contributed by atoms with E-state index >= 15 is 0 Å². The summed E-state index contributed by atoms with van der Waals surface area (Å²) >= 11 is 0. The molecule has 0 unspecified atom stereocenters. The Morgan fingerprint density at radius 2 is 1.70 bits per heavy atom. The fourth-order valence-electron chi connectivity index (χ4n) is 4.03. The number of piperazine rings is 1. The largest absolute Gasteiger partial charge is 0.506 e. The number of aryl methyl sites for hydroxylation is 3. The van der Waals surface area contributed by atoms with Crippen molar-refractivity contribution in [3.63, 3.8) is 0 Å². The van der Waals surface area contributed by atoms with Crippen LogP contribution in [0.15, 0.2) is 54.6 Å². The van der Waals surface area contributed by atoms with E-state index in [9.17, 15) is 9.90 Å². The molecule has 1 amide bonds. The van der Waals surface area contributed by atoms with Crippen molar-refractivity contribution in [1.29, 1.82) is 0 Å². The number of benzene rings is 2. The Labute approximate surface area is 177 Å². The third kappa shape index (κ3) is 4.32. The average Bonchev–Trinajstić information content (AvgIpc) is 3.11. The number of para-hydroxylation sites is 2. The molecule has 30 heavy (non-hydrogen) atoms. The quantitative estimate of drug-likeness (QED) is 0.707. The fourth-order valence-corrected chi connectivity index (χ4v) is 4.03. The van der Waals surface area contributed by atoms with Gasteiger partial charge in [-0.25, -0.2) is 4.68 Å². The van der Waals surface area contributed by atoms with Crippen LogP contribution in [0.4, 0.5) is 5.69 Å². The highest BCUT2D eigenvalue weighted by Gasteiger charge is 2.22. The molecule has 3 aromatic rings. The molecule has 1 saturated heterocycles. The minimum Gasteiger partial charge on any atom is -0.506 e. The molecule has 0 bridgehead atoms. The van der Waals surface area contributed by atoms with Crippen LogP contribution < -0.4 is 4.90 Å². The molecular formula is C24H28N4O2. The van der Waals surface area contributed by atoms with E-state index in [1.54, 1.807) is 6.07 Å². The van der Waals surface area contributed by atoms with Gasteiger partial charge in [0.1, 0.15) is 5.75 Å². The molecule has 0 radical (unpaired) electrons. The lowest BCUT2D eigenvalue weighted by Crippen LogP contribution is -2.48. The van der Waals surface area contributed by atoms with Crippen molar-refractivity contribution in [1.82, 2.24) is 14.7 Å². The summed E-state index contributed by atoms with van der Waals surface area (Å²) in [6, 6.07) is 17.7. The lowest BCUT2D eigenvalue weighted by Gasteiger charge is -2.36. The molecule has 2 heterocycles. The van der Waals surface area contributed by atoms with Gasteiger partial charge in [-0.3, -0.25) is 4.79 Å². The molecule has 6 nitrogen and oxygen atoms in total. The Morgan fingerprint density at radius 3 is 2.33 bits per heavy atom. The van der Waals surface area contributed by atoms with Gasteiger partial charge in [0.25, 0.3) is 0 Å². The number of aromatic hydroxyl groups is 1. The Kier molecular flexibility index (Phi) is 5.74. The van der Waals surface area contributed by atoms with E-state index < -0.39 is 0 Å². The van der Waals surface area contributed by atoms with Gasteiger partial charge < -0.3 is 14.9 Å². The first-order chi connectivity index (χ1) is 14.5. The SMILES string of the molecule is Cc1cc(C)n(-c2ccc(CCC(=O)N3CCN(c4ccccc4O)CC3)cc2)n1. The monoisotopic (exact) mass is 404 g/mol. The molecule has 2 aromatic carbocycles. The van der Waals surface area contributed by atoms with Gasteiger partial charge in [-0.1, -0.05) is 24.3 Å². The molecule has 0 aliphatic carbocycles. The first-order valence-electron chi connectivity index (χ1n) is 10.4. The minimum atomic E-state index is 0.189. The standard InChI is InChI=1S/C24H28N4O2/c1-18-17-19(2)28(25-18)21-10-7-20(8-11-21)9-12-24(30)27-15-13-26(14-16-27)22-5-3-4-6-23(22)29/h3-8,10-11,17,29H,9,12-16H2,1-2H3. The zero-order valence-corrected chi connectivity index (χ0v) is 17.6. The van der Waals surface area contributed by atoms with Crippen molar-refractivity contribution in [3.05, 3.63) is 71.5 Å². The number of carbonyl (C=O) groups excluding carboxylic acids is 1. The summed E-state index contributed by atoms with van der Waals surface area (Å²) in [5.41, 5.74) is 5.15. The van der Waals surface area contributed by atoms with Crippen LogP contribution in [-0.4, -0.2) is 51.9 Å². The predicted molar refractivity (Wildman–Crippen MR) is 118 cm³/mol. The van der Waals surface area contributed by atoms with Crippen molar-refractivity contribution in [2.24, 2.45) is 0 Å². The lowest BCUT2D eigenvalue weighted by molar-refractivity contribution is -0.131. The van der Waals surface area contributed by atoms with E-state index in [-0.39, 0.29) is 5.91 Å². The minimum absolute atomic E-state index is 0.189. The van der Waals surface area contributed by atoms with E-state index in [1.807, 2.05) is 41.6 Å². The highest BCUT2D eigenvalue weighted by Crippen LogP contribution is 2.27. The maximum atomic E-state index is 12.7. The van der Waals surface area contributed by atoms with Crippen molar-refractivity contribution in [2.75, 3.05) is 31.1 Å². The van der Waals surface area contributed by atoms with Crippen LogP contribution in [0.5, 0.6) is 5.75 Å². The summed E-state index contributed by atoms with van der Waals surface area (Å²) in [4.78, 5) is 16.7. The third-order valence-corrected chi connectivity index (χ3v) is 5.67. The Morgan fingerprint density at radius 1 is 1.00 bits per heavy atom. The molecule has 1 aliphatic rings. The maximum Gasteiger partial charge on any atom is 0.223 e. The second-order valence-corrected chi connectivity index (χ2v) is 7.86. The molecule has 0 spiro atoms. The summed E-state index contributed by atoms with van der Waals surface area (Å²) in [6.45, 7) is 6.88. The lowest BCUT2D eigenvalue weighted by atomic mass is 10.1. The van der Waals surface area contributed by atoms with E-state index in [2.05, 4.69) is 40.3 Å². The summed E-state index contributed by atoms with van der Waals surface area (Å²) in [5, 5.41) is 14.5. The van der Waals surface area contributed by atoms with Crippen molar-refractivity contribution in [3.8, 4) is 11.4 Å². The smallest absolute Gasteiger partial charge is 0.223 e. The van der Waals surface area contributed by atoms with Gasteiger partial charge in [0.15, 0.2) is 0 Å². The molecule has 1 fully saturated rings. The molecule has 156 valence electrons. The van der Waals surface area contributed by atoms with Crippen molar-refractivity contribution >= 4 is 11.6 Å². The number of phenols is 1. The second-order valence-electron chi connectivity index (χ2n) is 7.86. The van der Waals surface area contributed by atoms with Crippen molar-refractivity contribution < 1.29 is 9.90 Å². The zero-order chi connectivity index (χ0) is 21.1. The van der Waals surface area contributed by atoms with E-state index in [1.165, 1.54) is 0 Å². The number of amides is 1. The molecule has 1 N–H and O–H groups in total. The number of anilines is 1. The number of carbonyl (C=O) groups is 1. The average molecular weight is 405 g/mol. The second kappa shape index (κ2) is 8.61. The highest BCUT2D eigenvalue weighted by molar-refractivity contribution is 5.77. The molecule has 0 atom stereocenters. The predicted octanol–water partition coefficient (Wildman–Crippen LogP) is 3.48. The summed E-state index contributed by atoms with van der Waals surface area (Å²) < 4.78 is 1.94. The third-order valence-electron chi connectivity index (χ3n) is 5.67. The van der Waals surface area contributed by atoms with Crippen LogP contribution in [0.25, 0.3) is 5.69 Å². The molecule has 0 saturated carbocycles. The Bertz CT molecular complexity index is 1020.